The van der Waals surface area contributed by atoms with E-state index in [9.17, 15) is 14.0 Å². The van der Waals surface area contributed by atoms with Gasteiger partial charge in [-0.25, -0.2) is 4.39 Å². The second-order valence-electron chi connectivity index (χ2n) is 6.48. The average Bonchev–Trinajstić information content (AvgIpc) is 3.12. The van der Waals surface area contributed by atoms with Crippen molar-refractivity contribution < 1.29 is 18.7 Å². The Balaban J connectivity index is 1.90. The zero-order valence-electron chi connectivity index (χ0n) is 15.2. The maximum absolute atomic E-state index is 14.0. The third-order valence-electron chi connectivity index (χ3n) is 4.44. The normalized spacial score (nSPS) is 12.0. The summed E-state index contributed by atoms with van der Waals surface area (Å²) in [6, 6.07) is 15.7. The summed E-state index contributed by atoms with van der Waals surface area (Å²) < 4.78 is 18.7. The molecule has 2 aromatic carbocycles. The molecule has 3 rings (SSSR count). The Bertz CT molecular complexity index is 952. The highest BCUT2D eigenvalue weighted by Gasteiger charge is 2.24. The summed E-state index contributed by atoms with van der Waals surface area (Å²) in [5, 5.41) is 0.363. The molecule has 1 heterocycles. The second kappa shape index (κ2) is 8.03. The van der Waals surface area contributed by atoms with Crippen LogP contribution in [0.15, 0.2) is 54.6 Å². The number of nitrogens with one attached hydrogen (secondary N) is 1. The summed E-state index contributed by atoms with van der Waals surface area (Å²) in [6.45, 7) is 2.24. The molecule has 140 valence electrons. The molecule has 0 bridgehead atoms. The van der Waals surface area contributed by atoms with Gasteiger partial charge in [0.15, 0.2) is 0 Å². The number of H-pyrrole nitrogens is 1. The van der Waals surface area contributed by atoms with Gasteiger partial charge in [-0.3, -0.25) is 9.59 Å². The molecule has 0 aliphatic heterocycles. The van der Waals surface area contributed by atoms with Crippen LogP contribution in [0.4, 0.5) is 4.39 Å². The van der Waals surface area contributed by atoms with Crippen molar-refractivity contribution in [1.82, 2.24) is 9.88 Å². The fourth-order valence-electron chi connectivity index (χ4n) is 3.03. The zero-order valence-corrected chi connectivity index (χ0v) is 15.2. The minimum atomic E-state index is -0.483. The van der Waals surface area contributed by atoms with Gasteiger partial charge in [0, 0.05) is 24.0 Å². The van der Waals surface area contributed by atoms with Gasteiger partial charge in [-0.05, 0) is 23.8 Å². The van der Waals surface area contributed by atoms with Gasteiger partial charge >= 0.3 is 5.97 Å². The predicted molar refractivity (Wildman–Crippen MR) is 101 cm³/mol. The third-order valence-corrected chi connectivity index (χ3v) is 4.44. The van der Waals surface area contributed by atoms with E-state index in [1.165, 1.54) is 19.2 Å². The number of esters is 1. The molecular weight excluding hydrogens is 347 g/mol. The molecule has 0 radical (unpaired) electrons. The number of ether oxygens (including phenoxy) is 1. The molecule has 1 unspecified atom stereocenters. The summed E-state index contributed by atoms with van der Waals surface area (Å²) >= 11 is 0. The maximum atomic E-state index is 14.0. The van der Waals surface area contributed by atoms with Gasteiger partial charge in [0.05, 0.1) is 13.0 Å². The molecule has 1 N–H and O–H groups in total. The first-order valence-electron chi connectivity index (χ1n) is 8.68. The van der Waals surface area contributed by atoms with Crippen molar-refractivity contribution in [2.75, 3.05) is 13.7 Å². The van der Waals surface area contributed by atoms with E-state index in [0.717, 1.165) is 5.56 Å². The molecule has 0 spiro atoms. The Morgan fingerprint density at radius 1 is 1.15 bits per heavy atom. The number of hydrogen-bond donors (Lipinski definition) is 1. The number of carbonyl (C=O) groups is 2. The van der Waals surface area contributed by atoms with Crippen molar-refractivity contribution in [3.05, 3.63) is 71.7 Å². The number of aromatic nitrogens is 1. The summed E-state index contributed by atoms with van der Waals surface area (Å²) in [5.41, 5.74) is 1.77. The van der Waals surface area contributed by atoms with Crippen LogP contribution in [-0.4, -0.2) is 35.4 Å². The molecule has 0 saturated carbocycles. The Morgan fingerprint density at radius 2 is 1.89 bits per heavy atom. The van der Waals surface area contributed by atoms with E-state index in [0.29, 0.717) is 17.4 Å². The quantitative estimate of drug-likeness (QED) is 0.674. The fraction of sp³-hybridized carbons (Fsp3) is 0.238. The lowest BCUT2D eigenvalue weighted by Gasteiger charge is -2.24. The Hall–Kier alpha value is -3.15. The molecule has 1 aromatic heterocycles. The molecule has 1 atom stereocenters. The molecule has 0 aliphatic rings. The topological polar surface area (TPSA) is 62.4 Å². The lowest BCUT2D eigenvalue weighted by molar-refractivity contribution is -0.145. The van der Waals surface area contributed by atoms with E-state index in [2.05, 4.69) is 4.98 Å². The smallest absolute Gasteiger partial charge is 0.310 e. The zero-order chi connectivity index (χ0) is 19.4. The first kappa shape index (κ1) is 18.6. The summed E-state index contributed by atoms with van der Waals surface area (Å²) in [6.07, 6.45) is 0. The number of benzene rings is 2. The highest BCUT2D eigenvalue weighted by Crippen LogP contribution is 2.21. The van der Waals surface area contributed by atoms with Gasteiger partial charge in [0.25, 0.3) is 5.91 Å². The van der Waals surface area contributed by atoms with Crippen LogP contribution in [0.2, 0.25) is 0 Å². The molecule has 0 fully saturated rings. The number of fused-ring (bicyclic) bond motifs is 1. The SMILES string of the molecule is COC(=O)C(C)CN(Cc1ccccc1)C(=O)c1cc2c(F)cccc2[nH]1. The first-order chi connectivity index (χ1) is 13.0. The predicted octanol–water partition coefficient (Wildman–Crippen LogP) is 3.76. The van der Waals surface area contributed by atoms with Crippen LogP contribution in [0.5, 0.6) is 0 Å². The molecule has 1 amide bonds. The number of methoxy groups -OCH3 is 1. The number of halogens is 1. The molecule has 0 saturated heterocycles. The Labute approximate surface area is 156 Å². The van der Waals surface area contributed by atoms with Gasteiger partial charge in [-0.1, -0.05) is 43.3 Å². The molecular formula is C21H21FN2O3. The number of amides is 1. The standard InChI is InChI=1S/C21H21FN2O3/c1-14(21(26)27-2)12-24(13-15-7-4-3-5-8-15)20(25)19-11-16-17(22)9-6-10-18(16)23-19/h3-11,14,23H,12-13H2,1-2H3. The highest BCUT2D eigenvalue weighted by atomic mass is 19.1. The Kier molecular flexibility index (Phi) is 5.54. The van der Waals surface area contributed by atoms with E-state index in [4.69, 9.17) is 4.74 Å². The van der Waals surface area contributed by atoms with Gasteiger partial charge < -0.3 is 14.6 Å². The van der Waals surface area contributed by atoms with E-state index >= 15 is 0 Å². The highest BCUT2D eigenvalue weighted by molar-refractivity contribution is 5.98. The average molecular weight is 368 g/mol. The maximum Gasteiger partial charge on any atom is 0.310 e. The lowest BCUT2D eigenvalue weighted by atomic mass is 10.1. The van der Waals surface area contributed by atoms with Crippen LogP contribution in [0.1, 0.15) is 23.0 Å². The van der Waals surface area contributed by atoms with Crippen LogP contribution in [-0.2, 0) is 16.1 Å². The van der Waals surface area contributed by atoms with Gasteiger partial charge in [0.1, 0.15) is 11.5 Å². The monoisotopic (exact) mass is 368 g/mol. The number of rotatable bonds is 6. The number of nitrogens with zero attached hydrogens (tertiary/aromatic N) is 1. The minimum Gasteiger partial charge on any atom is -0.469 e. The van der Waals surface area contributed by atoms with Crippen molar-refractivity contribution in [2.24, 2.45) is 5.92 Å². The number of carbonyl (C=O) groups excluding carboxylic acids is 2. The van der Waals surface area contributed by atoms with Crippen molar-refractivity contribution in [3.8, 4) is 0 Å². The Morgan fingerprint density at radius 3 is 2.56 bits per heavy atom. The summed E-state index contributed by atoms with van der Waals surface area (Å²) in [7, 11) is 1.32. The molecule has 0 aliphatic carbocycles. The number of aromatic amines is 1. The fourth-order valence-corrected chi connectivity index (χ4v) is 3.03. The van der Waals surface area contributed by atoms with E-state index in [1.807, 2.05) is 30.3 Å². The van der Waals surface area contributed by atoms with Crippen molar-refractivity contribution in [2.45, 2.75) is 13.5 Å². The van der Waals surface area contributed by atoms with Gasteiger partial charge in [0.2, 0.25) is 0 Å². The number of hydrogen-bond acceptors (Lipinski definition) is 3. The second-order valence-corrected chi connectivity index (χ2v) is 6.48. The van der Waals surface area contributed by atoms with E-state index in [-0.39, 0.29) is 29.9 Å². The van der Waals surface area contributed by atoms with Crippen LogP contribution in [0.3, 0.4) is 0 Å². The lowest BCUT2D eigenvalue weighted by Crippen LogP contribution is -2.37. The van der Waals surface area contributed by atoms with Crippen molar-refractivity contribution in [1.29, 1.82) is 0 Å². The molecule has 3 aromatic rings. The molecule has 5 nitrogen and oxygen atoms in total. The van der Waals surface area contributed by atoms with Crippen LogP contribution in [0.25, 0.3) is 10.9 Å². The van der Waals surface area contributed by atoms with E-state index in [1.54, 1.807) is 24.0 Å². The third kappa shape index (κ3) is 4.16. The largest absolute Gasteiger partial charge is 0.469 e. The van der Waals surface area contributed by atoms with E-state index < -0.39 is 5.92 Å². The van der Waals surface area contributed by atoms with Crippen molar-refractivity contribution >= 4 is 22.8 Å². The van der Waals surface area contributed by atoms with Gasteiger partial charge in [-0.15, -0.1) is 0 Å². The van der Waals surface area contributed by atoms with Crippen LogP contribution < -0.4 is 0 Å². The molecule has 27 heavy (non-hydrogen) atoms. The summed E-state index contributed by atoms with van der Waals surface area (Å²) in [4.78, 5) is 29.5. The summed E-state index contributed by atoms with van der Waals surface area (Å²) in [5.74, 6) is -1.56. The molecule has 6 heteroatoms. The first-order valence-corrected chi connectivity index (χ1v) is 8.68. The van der Waals surface area contributed by atoms with Crippen LogP contribution >= 0.6 is 0 Å². The van der Waals surface area contributed by atoms with Crippen molar-refractivity contribution in [3.63, 3.8) is 0 Å². The van der Waals surface area contributed by atoms with Crippen LogP contribution in [0, 0.1) is 11.7 Å². The minimum absolute atomic E-state index is 0.193. The van der Waals surface area contributed by atoms with Gasteiger partial charge in [-0.2, -0.15) is 0 Å².